The van der Waals surface area contributed by atoms with Gasteiger partial charge in [0.1, 0.15) is 48.8 Å². The highest BCUT2D eigenvalue weighted by Crippen LogP contribution is 2.28. The van der Waals surface area contributed by atoms with Crippen molar-refractivity contribution in [3.05, 3.63) is 82.9 Å². The topological polar surface area (TPSA) is 51.4 Å². The zero-order chi connectivity index (χ0) is 22.8. The number of nitrogens with one attached hydrogen (secondary N) is 2. The van der Waals surface area contributed by atoms with Gasteiger partial charge < -0.3 is 4.90 Å². The number of nitrogens with zero attached hydrogens (tertiary/aromatic N) is 3. The number of benzene rings is 2. The standard InChI is InChI=1S/C28H29N5/c1-3-23-21(2)24(20-29)27-30-25-13-7-8-14-26(25)33(27)28(23)32-18-16-31(17-19-32)15-9-12-22-10-5-4-6-11-22/h4-14H,3,15-19H2,1-2H3/p+2. The lowest BCUT2D eigenvalue weighted by atomic mass is 10.0. The molecule has 166 valence electrons. The third-order valence-corrected chi connectivity index (χ3v) is 6.92. The fourth-order valence-corrected chi connectivity index (χ4v) is 5.16. The number of imidazole rings is 1. The van der Waals surface area contributed by atoms with Crippen LogP contribution in [0.15, 0.2) is 60.7 Å². The minimum absolute atomic E-state index is 0.752. The van der Waals surface area contributed by atoms with Crippen LogP contribution in [0.25, 0.3) is 22.8 Å². The molecule has 4 aromatic rings. The van der Waals surface area contributed by atoms with Crippen molar-refractivity contribution in [2.24, 2.45) is 0 Å². The Labute approximate surface area is 195 Å². The van der Waals surface area contributed by atoms with Crippen molar-refractivity contribution >= 4 is 28.6 Å². The molecule has 0 atom stereocenters. The number of anilines is 1. The normalized spacial score (nSPS) is 15.0. The van der Waals surface area contributed by atoms with E-state index in [-0.39, 0.29) is 0 Å². The molecule has 0 aliphatic carbocycles. The molecule has 2 aromatic carbocycles. The van der Waals surface area contributed by atoms with Gasteiger partial charge in [-0.05, 0) is 42.7 Å². The van der Waals surface area contributed by atoms with Gasteiger partial charge >= 0.3 is 0 Å². The molecule has 0 radical (unpaired) electrons. The lowest BCUT2D eigenvalue weighted by Gasteiger charge is -2.31. The van der Waals surface area contributed by atoms with Crippen LogP contribution in [0.5, 0.6) is 0 Å². The first kappa shape index (κ1) is 21.2. The molecule has 0 spiro atoms. The highest BCUT2D eigenvalue weighted by Gasteiger charge is 2.32. The quantitative estimate of drug-likeness (QED) is 0.472. The molecule has 3 heterocycles. The first-order valence-electron chi connectivity index (χ1n) is 11.9. The van der Waals surface area contributed by atoms with E-state index in [1.807, 2.05) is 6.07 Å². The third-order valence-electron chi connectivity index (χ3n) is 6.92. The summed E-state index contributed by atoms with van der Waals surface area (Å²) in [4.78, 5) is 7.67. The van der Waals surface area contributed by atoms with Crippen LogP contribution in [-0.4, -0.2) is 37.7 Å². The van der Waals surface area contributed by atoms with E-state index < -0.39 is 0 Å². The fourth-order valence-electron chi connectivity index (χ4n) is 5.16. The van der Waals surface area contributed by atoms with Crippen molar-refractivity contribution in [3.8, 4) is 6.07 Å². The highest BCUT2D eigenvalue weighted by atomic mass is 15.3. The van der Waals surface area contributed by atoms with Gasteiger partial charge in [0.2, 0.25) is 11.5 Å². The highest BCUT2D eigenvalue weighted by molar-refractivity contribution is 5.78. The average Bonchev–Trinajstić information content (AvgIpc) is 3.23. The SMILES string of the molecule is CCc1c(C)c(C#N)c2[nH]c3ccccc3[n+]2c1N1CC[NH+](CC=Cc2ccccc2)CC1. The van der Waals surface area contributed by atoms with Crippen LogP contribution in [0, 0.1) is 18.3 Å². The molecule has 0 bridgehead atoms. The molecule has 2 aromatic heterocycles. The van der Waals surface area contributed by atoms with Crippen LogP contribution in [-0.2, 0) is 6.42 Å². The molecule has 1 aliphatic rings. The zero-order valence-corrected chi connectivity index (χ0v) is 19.4. The summed E-state index contributed by atoms with van der Waals surface area (Å²) in [7, 11) is 0. The Morgan fingerprint density at radius 1 is 1.09 bits per heavy atom. The summed E-state index contributed by atoms with van der Waals surface area (Å²) in [6, 6.07) is 21.3. The van der Waals surface area contributed by atoms with Crippen molar-refractivity contribution in [2.45, 2.75) is 20.3 Å². The zero-order valence-electron chi connectivity index (χ0n) is 19.4. The van der Waals surface area contributed by atoms with Crippen molar-refractivity contribution < 1.29 is 9.30 Å². The summed E-state index contributed by atoms with van der Waals surface area (Å²) in [6.45, 7) is 9.57. The largest absolute Gasteiger partial charge is 0.326 e. The van der Waals surface area contributed by atoms with Crippen molar-refractivity contribution in [1.82, 2.24) is 4.98 Å². The number of aromatic nitrogens is 2. The lowest BCUT2D eigenvalue weighted by molar-refractivity contribution is -0.894. The second-order valence-corrected chi connectivity index (χ2v) is 8.85. The van der Waals surface area contributed by atoms with E-state index in [4.69, 9.17) is 0 Å². The summed E-state index contributed by atoms with van der Waals surface area (Å²) >= 11 is 0. The van der Waals surface area contributed by atoms with Gasteiger partial charge in [-0.15, -0.1) is 0 Å². The van der Waals surface area contributed by atoms with Crippen LogP contribution in [0.3, 0.4) is 0 Å². The lowest BCUT2D eigenvalue weighted by Crippen LogP contribution is -3.14. The number of hydrogen-bond acceptors (Lipinski definition) is 2. The molecule has 5 rings (SSSR count). The summed E-state index contributed by atoms with van der Waals surface area (Å²) in [6.07, 6.45) is 5.44. The summed E-state index contributed by atoms with van der Waals surface area (Å²) in [5, 5.41) is 9.96. The fraction of sp³-hybridized carbons (Fsp3) is 0.286. The molecule has 2 N–H and O–H groups in total. The molecule has 1 aliphatic heterocycles. The summed E-state index contributed by atoms with van der Waals surface area (Å²) < 4.78 is 2.29. The smallest absolute Gasteiger partial charge is 0.250 e. The van der Waals surface area contributed by atoms with E-state index in [1.54, 1.807) is 4.90 Å². The Morgan fingerprint density at radius 3 is 2.55 bits per heavy atom. The Balaban J connectivity index is 1.46. The van der Waals surface area contributed by atoms with Gasteiger partial charge in [-0.1, -0.05) is 55.5 Å². The Hall–Kier alpha value is -3.62. The predicted octanol–water partition coefficient (Wildman–Crippen LogP) is 3.07. The van der Waals surface area contributed by atoms with Crippen LogP contribution < -0.4 is 14.2 Å². The Kier molecular flexibility index (Phi) is 5.85. The van der Waals surface area contributed by atoms with E-state index in [9.17, 15) is 5.26 Å². The van der Waals surface area contributed by atoms with Gasteiger partial charge in [-0.3, -0.25) is 9.88 Å². The first-order chi connectivity index (χ1) is 16.2. The second-order valence-electron chi connectivity index (χ2n) is 8.85. The predicted molar refractivity (Wildman–Crippen MR) is 134 cm³/mol. The molecule has 0 unspecified atom stereocenters. The summed E-state index contributed by atoms with van der Waals surface area (Å²) in [5.41, 5.74) is 7.50. The number of nitriles is 1. The van der Waals surface area contributed by atoms with Crippen LogP contribution >= 0.6 is 0 Å². The van der Waals surface area contributed by atoms with Gasteiger partial charge in [0, 0.05) is 5.56 Å². The maximum Gasteiger partial charge on any atom is 0.250 e. The molecular formula is C28H31N5+2. The minimum atomic E-state index is 0.752. The van der Waals surface area contributed by atoms with E-state index in [0.717, 1.165) is 67.0 Å². The molecule has 0 amide bonds. The maximum absolute atomic E-state index is 9.96. The third kappa shape index (κ3) is 3.88. The van der Waals surface area contributed by atoms with Crippen molar-refractivity contribution in [1.29, 1.82) is 5.26 Å². The first-order valence-corrected chi connectivity index (χ1v) is 11.9. The number of rotatable bonds is 5. The molecule has 0 saturated carbocycles. The number of hydrogen-bond donors (Lipinski definition) is 2. The van der Waals surface area contributed by atoms with Gasteiger partial charge in [-0.25, -0.2) is 0 Å². The maximum atomic E-state index is 9.96. The van der Waals surface area contributed by atoms with Crippen molar-refractivity contribution in [3.63, 3.8) is 0 Å². The molecule has 1 saturated heterocycles. The number of pyridine rings is 1. The molecule has 1 fully saturated rings. The van der Waals surface area contributed by atoms with Gasteiger partial charge in [0.05, 0.1) is 6.54 Å². The van der Waals surface area contributed by atoms with E-state index in [1.165, 1.54) is 16.9 Å². The Bertz CT molecular complexity index is 1350. The number of H-pyrrole nitrogens is 1. The van der Waals surface area contributed by atoms with E-state index >= 15 is 0 Å². The van der Waals surface area contributed by atoms with E-state index in [0.29, 0.717) is 0 Å². The molecule has 5 heteroatoms. The van der Waals surface area contributed by atoms with Crippen molar-refractivity contribution in [2.75, 3.05) is 37.6 Å². The second kappa shape index (κ2) is 9.09. The molecular weight excluding hydrogens is 406 g/mol. The number of fused-ring (bicyclic) bond motifs is 3. The van der Waals surface area contributed by atoms with Gasteiger partial charge in [-0.2, -0.15) is 9.66 Å². The van der Waals surface area contributed by atoms with E-state index in [2.05, 4.69) is 94.9 Å². The minimum Gasteiger partial charge on any atom is -0.326 e. The van der Waals surface area contributed by atoms with Crippen LogP contribution in [0.1, 0.15) is 29.2 Å². The van der Waals surface area contributed by atoms with Crippen LogP contribution in [0.4, 0.5) is 5.82 Å². The molecule has 5 nitrogen and oxygen atoms in total. The van der Waals surface area contributed by atoms with Gasteiger partial charge in [0.15, 0.2) is 0 Å². The number of para-hydroxylation sites is 2. The monoisotopic (exact) mass is 437 g/mol. The Morgan fingerprint density at radius 2 is 1.82 bits per heavy atom. The number of quaternary nitrogens is 1. The van der Waals surface area contributed by atoms with Crippen LogP contribution in [0.2, 0.25) is 0 Å². The average molecular weight is 438 g/mol. The summed E-state index contributed by atoms with van der Waals surface area (Å²) in [5.74, 6) is 1.25. The molecule has 33 heavy (non-hydrogen) atoms. The van der Waals surface area contributed by atoms with Gasteiger partial charge in [0.25, 0.3) is 0 Å². The number of aromatic amines is 1. The number of piperazine rings is 1.